The van der Waals surface area contributed by atoms with E-state index < -0.39 is 5.82 Å². The summed E-state index contributed by atoms with van der Waals surface area (Å²) in [6.07, 6.45) is 8.55. The zero-order valence-electron chi connectivity index (χ0n) is 20.3. The number of aryl methyl sites for hydroxylation is 3. The molecule has 2 N–H and O–H groups in total. The fourth-order valence-electron chi connectivity index (χ4n) is 4.70. The van der Waals surface area contributed by atoms with E-state index in [1.807, 2.05) is 6.07 Å². The summed E-state index contributed by atoms with van der Waals surface area (Å²) in [6.45, 7) is 2.49. The number of hydrogen-bond acceptors (Lipinski definition) is 7. The van der Waals surface area contributed by atoms with Crippen molar-refractivity contribution in [2.45, 2.75) is 26.3 Å². The van der Waals surface area contributed by atoms with Gasteiger partial charge in [0.05, 0.1) is 11.1 Å². The van der Waals surface area contributed by atoms with Gasteiger partial charge >= 0.3 is 6.01 Å². The first-order valence-electron chi connectivity index (χ1n) is 11.9. The topological polar surface area (TPSA) is 105 Å². The molecule has 0 unspecified atom stereocenters. The Morgan fingerprint density at radius 1 is 1.19 bits per heavy atom. The predicted molar refractivity (Wildman–Crippen MR) is 134 cm³/mol. The molecule has 1 aromatic carbocycles. The lowest BCUT2D eigenvalue weighted by Crippen LogP contribution is -2.00. The SMILES string of the molecule is [2H]C#Cc1cc2c(cn1)-c1c(-c3ccc(Oc4nccc(C)n4)c(F)c3)c3c(N)ncnc3n1CCC2. The molecular weight excluding hydrogens is 457 g/mol. The maximum atomic E-state index is 15.4. The van der Waals surface area contributed by atoms with Crippen LogP contribution in [0.5, 0.6) is 11.8 Å². The van der Waals surface area contributed by atoms with Crippen LogP contribution in [0.25, 0.3) is 33.4 Å². The number of ether oxygens (including phenoxy) is 1. The standard InChI is InChI=1S/C27H20FN7O/c1-3-18-11-16-5-4-10-35-24(19(16)13-31-18)22(23-25(29)32-14-33-26(23)35)17-6-7-21(20(28)12-17)36-27-30-9-8-15(2)34-27/h1,6-9,11-14H,4-5,10H2,2H3,(H2,29,32,33)/i1D. The average Bonchev–Trinajstić information content (AvgIpc) is 3.09. The van der Waals surface area contributed by atoms with E-state index in [1.54, 1.807) is 37.5 Å². The van der Waals surface area contributed by atoms with Crippen LogP contribution >= 0.6 is 0 Å². The van der Waals surface area contributed by atoms with E-state index in [0.717, 1.165) is 35.2 Å². The zero-order chi connectivity index (χ0) is 25.5. The highest BCUT2D eigenvalue weighted by molar-refractivity contribution is 6.08. The highest BCUT2D eigenvalue weighted by atomic mass is 19.1. The van der Waals surface area contributed by atoms with E-state index in [1.165, 1.54) is 12.4 Å². The maximum absolute atomic E-state index is 15.4. The Morgan fingerprint density at radius 2 is 2.11 bits per heavy atom. The molecule has 0 saturated heterocycles. The van der Waals surface area contributed by atoms with Gasteiger partial charge in [-0.1, -0.05) is 12.0 Å². The number of aromatic nitrogens is 6. The Kier molecular flexibility index (Phi) is 4.81. The molecule has 0 aliphatic carbocycles. The molecule has 0 fully saturated rings. The van der Waals surface area contributed by atoms with E-state index >= 15 is 4.39 Å². The van der Waals surface area contributed by atoms with Crippen molar-refractivity contribution in [3.63, 3.8) is 0 Å². The second-order valence-corrected chi connectivity index (χ2v) is 8.52. The molecule has 5 heterocycles. The molecule has 0 amide bonds. The minimum Gasteiger partial charge on any atom is -0.421 e. The summed E-state index contributed by atoms with van der Waals surface area (Å²) in [5, 5.41) is 0.649. The van der Waals surface area contributed by atoms with Crippen molar-refractivity contribution in [1.29, 1.82) is 0 Å². The smallest absolute Gasteiger partial charge is 0.322 e. The van der Waals surface area contributed by atoms with E-state index in [0.29, 0.717) is 40.3 Å². The zero-order valence-corrected chi connectivity index (χ0v) is 19.3. The van der Waals surface area contributed by atoms with Gasteiger partial charge in [-0.05, 0) is 55.2 Å². The molecule has 0 spiro atoms. The summed E-state index contributed by atoms with van der Waals surface area (Å²) in [7, 11) is 0. The average molecular weight is 479 g/mol. The van der Waals surface area contributed by atoms with Gasteiger partial charge in [0.15, 0.2) is 11.6 Å². The summed E-state index contributed by atoms with van der Waals surface area (Å²) in [5.74, 6) is 2.45. The van der Waals surface area contributed by atoms with Crippen LogP contribution in [0.2, 0.25) is 0 Å². The lowest BCUT2D eigenvalue weighted by atomic mass is 9.95. The van der Waals surface area contributed by atoms with Crippen LogP contribution in [0.4, 0.5) is 10.2 Å². The third-order valence-electron chi connectivity index (χ3n) is 6.26. The fraction of sp³-hybridized carbons (Fsp3) is 0.148. The van der Waals surface area contributed by atoms with Gasteiger partial charge in [0.1, 0.15) is 24.9 Å². The van der Waals surface area contributed by atoms with Crippen molar-refractivity contribution >= 4 is 16.9 Å². The van der Waals surface area contributed by atoms with E-state index in [-0.39, 0.29) is 11.8 Å². The normalized spacial score (nSPS) is 12.7. The lowest BCUT2D eigenvalue weighted by Gasteiger charge is -2.12. The highest BCUT2D eigenvalue weighted by Gasteiger charge is 2.27. The molecule has 0 radical (unpaired) electrons. The summed E-state index contributed by atoms with van der Waals surface area (Å²) >= 11 is 0. The molecule has 176 valence electrons. The van der Waals surface area contributed by atoms with Crippen molar-refractivity contribution < 1.29 is 10.5 Å². The molecule has 8 nitrogen and oxygen atoms in total. The van der Waals surface area contributed by atoms with Crippen molar-refractivity contribution in [1.82, 2.24) is 29.5 Å². The lowest BCUT2D eigenvalue weighted by molar-refractivity contribution is 0.410. The quantitative estimate of drug-likeness (QED) is 0.375. The molecule has 0 atom stereocenters. The number of nitrogen functional groups attached to an aromatic ring is 1. The predicted octanol–water partition coefficient (Wildman–Crippen LogP) is 4.70. The number of benzene rings is 1. The number of terminal acetylenes is 1. The first-order chi connectivity index (χ1) is 18.0. The van der Waals surface area contributed by atoms with Crippen molar-refractivity contribution in [3.8, 4) is 46.5 Å². The summed E-state index contributed by atoms with van der Waals surface area (Å²) in [5.41, 5.74) is 12.4. The van der Waals surface area contributed by atoms with Gasteiger partial charge in [-0.3, -0.25) is 0 Å². The minimum absolute atomic E-state index is 0.00820. The van der Waals surface area contributed by atoms with Gasteiger partial charge in [-0.2, -0.15) is 0 Å². The number of nitrogens with two attached hydrogens (primary N) is 1. The molecule has 6 rings (SSSR count). The van der Waals surface area contributed by atoms with E-state index in [4.69, 9.17) is 11.8 Å². The maximum Gasteiger partial charge on any atom is 0.322 e. The van der Waals surface area contributed by atoms with Gasteiger partial charge in [-0.25, -0.2) is 29.3 Å². The van der Waals surface area contributed by atoms with Crippen LogP contribution in [0.15, 0.2) is 49.1 Å². The van der Waals surface area contributed by atoms with Crippen LogP contribution in [0.1, 0.15) is 24.7 Å². The van der Waals surface area contributed by atoms with Crippen molar-refractivity contribution in [3.05, 3.63) is 71.8 Å². The van der Waals surface area contributed by atoms with Crippen molar-refractivity contribution in [2.24, 2.45) is 0 Å². The van der Waals surface area contributed by atoms with Crippen LogP contribution in [-0.2, 0) is 13.0 Å². The second-order valence-electron chi connectivity index (χ2n) is 8.52. The first-order valence-corrected chi connectivity index (χ1v) is 11.4. The Morgan fingerprint density at radius 3 is 2.94 bits per heavy atom. The molecule has 1 aliphatic heterocycles. The van der Waals surface area contributed by atoms with Crippen LogP contribution < -0.4 is 10.5 Å². The van der Waals surface area contributed by atoms with E-state index in [2.05, 4.69) is 41.8 Å². The molecular formula is C27H20FN7O. The van der Waals surface area contributed by atoms with Crippen LogP contribution in [0.3, 0.4) is 0 Å². The Bertz CT molecular complexity index is 1760. The molecule has 36 heavy (non-hydrogen) atoms. The summed E-state index contributed by atoms with van der Waals surface area (Å²) in [6, 6.07) is 8.44. The summed E-state index contributed by atoms with van der Waals surface area (Å²) in [4.78, 5) is 21.4. The molecule has 0 saturated carbocycles. The van der Waals surface area contributed by atoms with Gasteiger partial charge < -0.3 is 15.0 Å². The molecule has 4 aromatic heterocycles. The van der Waals surface area contributed by atoms with Gasteiger partial charge in [-0.15, -0.1) is 6.40 Å². The Labute approximate surface area is 207 Å². The number of rotatable bonds is 3. The number of hydrogen-bond donors (Lipinski definition) is 1. The molecule has 5 aromatic rings. The van der Waals surface area contributed by atoms with Gasteiger partial charge in [0, 0.05) is 35.8 Å². The highest BCUT2D eigenvalue weighted by Crippen LogP contribution is 2.45. The largest absolute Gasteiger partial charge is 0.421 e. The molecule has 0 bridgehead atoms. The Balaban J connectivity index is 1.56. The fourth-order valence-corrected chi connectivity index (χ4v) is 4.70. The second kappa shape index (κ2) is 8.43. The monoisotopic (exact) mass is 478 g/mol. The summed E-state index contributed by atoms with van der Waals surface area (Å²) < 4.78 is 30.3. The minimum atomic E-state index is -0.570. The van der Waals surface area contributed by atoms with Crippen LogP contribution in [-0.4, -0.2) is 29.5 Å². The third kappa shape index (κ3) is 3.51. The number of pyridine rings is 1. The number of nitrogens with zero attached hydrogens (tertiary/aromatic N) is 6. The van der Waals surface area contributed by atoms with E-state index in [9.17, 15) is 0 Å². The molecule has 9 heteroatoms. The number of fused-ring (bicyclic) bond motifs is 5. The van der Waals surface area contributed by atoms with Gasteiger partial charge in [0.2, 0.25) is 0 Å². The van der Waals surface area contributed by atoms with Crippen LogP contribution in [0, 0.1) is 25.1 Å². The first kappa shape index (κ1) is 20.5. The molecule has 1 aliphatic rings. The number of anilines is 1. The number of halogens is 1. The third-order valence-corrected chi connectivity index (χ3v) is 6.26. The van der Waals surface area contributed by atoms with Gasteiger partial charge in [0.25, 0.3) is 0 Å². The Hall–Kier alpha value is -4.84. The van der Waals surface area contributed by atoms with Crippen molar-refractivity contribution in [2.75, 3.05) is 5.73 Å².